The first-order valence-electron chi connectivity index (χ1n) is 5.83. The lowest BCUT2D eigenvalue weighted by molar-refractivity contribution is 0.814. The summed E-state index contributed by atoms with van der Waals surface area (Å²) < 4.78 is 0. The lowest BCUT2D eigenvalue weighted by atomic mass is 10.2. The summed E-state index contributed by atoms with van der Waals surface area (Å²) in [5, 5.41) is 3.14. The third-order valence-electron chi connectivity index (χ3n) is 3.11. The van der Waals surface area contributed by atoms with Crippen LogP contribution in [0.4, 0.5) is 5.69 Å². The van der Waals surface area contributed by atoms with Crippen LogP contribution in [0.3, 0.4) is 0 Å². The van der Waals surface area contributed by atoms with E-state index in [2.05, 4.69) is 39.5 Å². The second-order valence-corrected chi connectivity index (χ2v) is 5.18. The molecular weight excluding hydrogens is 230 g/mol. The van der Waals surface area contributed by atoms with Crippen molar-refractivity contribution in [3.8, 4) is 0 Å². The van der Waals surface area contributed by atoms with E-state index in [9.17, 15) is 0 Å². The van der Waals surface area contributed by atoms with Crippen molar-refractivity contribution in [3.63, 3.8) is 0 Å². The molecule has 0 saturated heterocycles. The quantitative estimate of drug-likeness (QED) is 0.901. The van der Waals surface area contributed by atoms with Crippen LogP contribution in [0.1, 0.15) is 16.3 Å². The highest BCUT2D eigenvalue weighted by Gasteiger charge is 2.18. The van der Waals surface area contributed by atoms with Gasteiger partial charge < -0.3 is 10.6 Å². The fraction of sp³-hybridized carbons (Fsp3) is 0.308. The van der Waals surface area contributed by atoms with Crippen LogP contribution in [0.2, 0.25) is 0 Å². The largest absolute Gasteiger partial charge is 0.365 e. The van der Waals surface area contributed by atoms with Crippen LogP contribution in [-0.2, 0) is 19.5 Å². The van der Waals surface area contributed by atoms with Crippen molar-refractivity contribution in [1.29, 1.82) is 0 Å². The first-order valence-corrected chi connectivity index (χ1v) is 6.71. The van der Waals surface area contributed by atoms with Crippen LogP contribution in [0, 0.1) is 0 Å². The van der Waals surface area contributed by atoms with E-state index in [4.69, 9.17) is 5.73 Å². The zero-order valence-corrected chi connectivity index (χ0v) is 10.4. The minimum absolute atomic E-state index is 0.543. The van der Waals surface area contributed by atoms with Gasteiger partial charge in [0.05, 0.1) is 12.2 Å². The molecule has 0 fully saturated rings. The molecule has 0 unspecified atom stereocenters. The first-order chi connectivity index (χ1) is 8.36. The second kappa shape index (κ2) is 4.47. The van der Waals surface area contributed by atoms with Gasteiger partial charge in [0.2, 0.25) is 0 Å². The van der Waals surface area contributed by atoms with E-state index >= 15 is 0 Å². The Balaban J connectivity index is 1.79. The molecule has 1 aliphatic heterocycles. The van der Waals surface area contributed by atoms with Crippen LogP contribution in [-0.4, -0.2) is 11.5 Å². The SMILES string of the molecule is NCc1nc(CN2CCc3ccccc32)cs1. The Kier molecular flexibility index (Phi) is 2.82. The average Bonchev–Trinajstić information content (AvgIpc) is 2.97. The lowest BCUT2D eigenvalue weighted by Gasteiger charge is -2.17. The molecule has 0 aliphatic carbocycles. The maximum Gasteiger partial charge on any atom is 0.107 e. The van der Waals surface area contributed by atoms with E-state index in [0.29, 0.717) is 6.54 Å². The number of thiazole rings is 1. The van der Waals surface area contributed by atoms with Gasteiger partial charge >= 0.3 is 0 Å². The molecule has 0 saturated carbocycles. The molecule has 3 rings (SSSR count). The molecule has 1 aromatic heterocycles. The van der Waals surface area contributed by atoms with Crippen molar-refractivity contribution in [2.75, 3.05) is 11.4 Å². The number of nitrogens with two attached hydrogens (primary N) is 1. The maximum absolute atomic E-state index is 5.58. The summed E-state index contributed by atoms with van der Waals surface area (Å²) in [5.41, 5.74) is 9.52. The zero-order chi connectivity index (χ0) is 11.7. The predicted molar refractivity (Wildman–Crippen MR) is 71.2 cm³/mol. The predicted octanol–water partition coefficient (Wildman–Crippen LogP) is 2.16. The fourth-order valence-electron chi connectivity index (χ4n) is 2.28. The summed E-state index contributed by atoms with van der Waals surface area (Å²) in [6.45, 7) is 2.53. The number of hydrogen-bond acceptors (Lipinski definition) is 4. The Morgan fingerprint density at radius 2 is 2.24 bits per heavy atom. The van der Waals surface area contributed by atoms with Crippen molar-refractivity contribution in [2.24, 2.45) is 5.73 Å². The third-order valence-corrected chi connectivity index (χ3v) is 4.03. The number of nitrogens with zero attached hydrogens (tertiary/aromatic N) is 2. The van der Waals surface area contributed by atoms with E-state index in [1.54, 1.807) is 11.3 Å². The lowest BCUT2D eigenvalue weighted by Crippen LogP contribution is -2.19. The van der Waals surface area contributed by atoms with Crippen molar-refractivity contribution < 1.29 is 0 Å². The minimum atomic E-state index is 0.543. The molecule has 1 aliphatic rings. The van der Waals surface area contributed by atoms with Crippen LogP contribution in [0.25, 0.3) is 0 Å². The summed E-state index contributed by atoms with van der Waals surface area (Å²) in [6, 6.07) is 8.61. The molecule has 3 nitrogen and oxygen atoms in total. The zero-order valence-electron chi connectivity index (χ0n) is 9.60. The molecule has 0 atom stereocenters. The van der Waals surface area contributed by atoms with Gasteiger partial charge in [0.15, 0.2) is 0 Å². The van der Waals surface area contributed by atoms with Crippen molar-refractivity contribution in [3.05, 3.63) is 45.9 Å². The van der Waals surface area contributed by atoms with Gasteiger partial charge in [-0.2, -0.15) is 0 Å². The van der Waals surface area contributed by atoms with Crippen LogP contribution in [0.15, 0.2) is 29.6 Å². The molecule has 0 radical (unpaired) electrons. The molecular formula is C13H15N3S. The number of aromatic nitrogens is 1. The van der Waals surface area contributed by atoms with Crippen LogP contribution in [0.5, 0.6) is 0 Å². The van der Waals surface area contributed by atoms with Gasteiger partial charge in [-0.1, -0.05) is 18.2 Å². The topological polar surface area (TPSA) is 42.1 Å². The molecule has 0 spiro atoms. The summed E-state index contributed by atoms with van der Waals surface area (Å²) in [7, 11) is 0. The molecule has 2 N–H and O–H groups in total. The standard InChI is InChI=1S/C13H15N3S/c14-7-13-15-11(9-17-13)8-16-6-5-10-3-1-2-4-12(10)16/h1-4,9H,5-8,14H2. The average molecular weight is 245 g/mol. The Bertz CT molecular complexity index is 521. The van der Waals surface area contributed by atoms with Crippen LogP contribution < -0.4 is 10.6 Å². The van der Waals surface area contributed by atoms with Gasteiger partial charge in [-0.15, -0.1) is 11.3 Å². The summed E-state index contributed by atoms with van der Waals surface area (Å²) in [5.74, 6) is 0. The van der Waals surface area contributed by atoms with Gasteiger partial charge in [0.1, 0.15) is 5.01 Å². The Hall–Kier alpha value is -1.39. The Morgan fingerprint density at radius 1 is 1.35 bits per heavy atom. The molecule has 1 aromatic carbocycles. The van der Waals surface area contributed by atoms with E-state index in [1.165, 1.54) is 11.3 Å². The summed E-state index contributed by atoms with van der Waals surface area (Å²) in [4.78, 5) is 6.91. The highest BCUT2D eigenvalue weighted by Crippen LogP contribution is 2.28. The summed E-state index contributed by atoms with van der Waals surface area (Å²) >= 11 is 1.65. The molecule has 17 heavy (non-hydrogen) atoms. The second-order valence-electron chi connectivity index (χ2n) is 4.24. The van der Waals surface area contributed by atoms with Crippen molar-refractivity contribution in [2.45, 2.75) is 19.5 Å². The highest BCUT2D eigenvalue weighted by atomic mass is 32.1. The van der Waals surface area contributed by atoms with Crippen molar-refractivity contribution in [1.82, 2.24) is 4.98 Å². The highest BCUT2D eigenvalue weighted by molar-refractivity contribution is 7.09. The van der Waals surface area contributed by atoms with E-state index < -0.39 is 0 Å². The maximum atomic E-state index is 5.58. The molecule has 88 valence electrons. The first kappa shape index (κ1) is 10.7. The van der Waals surface area contributed by atoms with Gasteiger partial charge in [-0.05, 0) is 18.1 Å². The Labute approximate surface area is 105 Å². The molecule has 4 heteroatoms. The minimum Gasteiger partial charge on any atom is -0.365 e. The number of hydrogen-bond donors (Lipinski definition) is 1. The number of benzene rings is 1. The van der Waals surface area contributed by atoms with Gasteiger partial charge in [-0.3, -0.25) is 0 Å². The Morgan fingerprint density at radius 3 is 3.06 bits per heavy atom. The number of anilines is 1. The van der Waals surface area contributed by atoms with Gasteiger partial charge in [0, 0.05) is 24.2 Å². The fourth-order valence-corrected chi connectivity index (χ4v) is 2.95. The third kappa shape index (κ3) is 2.06. The summed E-state index contributed by atoms with van der Waals surface area (Å²) in [6.07, 6.45) is 1.14. The van der Waals surface area contributed by atoms with E-state index in [-0.39, 0.29) is 0 Å². The molecule has 0 amide bonds. The van der Waals surface area contributed by atoms with Crippen LogP contribution >= 0.6 is 11.3 Å². The number of rotatable bonds is 3. The van der Waals surface area contributed by atoms with Gasteiger partial charge in [0.25, 0.3) is 0 Å². The monoisotopic (exact) mass is 245 g/mol. The molecule has 0 bridgehead atoms. The van der Waals surface area contributed by atoms with Crippen molar-refractivity contribution >= 4 is 17.0 Å². The molecule has 2 aromatic rings. The van der Waals surface area contributed by atoms with Gasteiger partial charge in [-0.25, -0.2) is 4.98 Å². The smallest absolute Gasteiger partial charge is 0.107 e. The molecule has 2 heterocycles. The van der Waals surface area contributed by atoms with E-state index in [1.807, 2.05) is 0 Å². The van der Waals surface area contributed by atoms with E-state index in [0.717, 1.165) is 30.2 Å². The normalized spacial score (nSPS) is 14.1. The number of fused-ring (bicyclic) bond motifs is 1. The number of para-hydroxylation sites is 1.